The Bertz CT molecular complexity index is 745. The SMILES string of the molecule is CN1NC(=O)c2cc(-c3ccc(OC(F)(F)F)cc3)ccc2N1. The second-order valence-electron chi connectivity index (χ2n) is 4.94. The third kappa shape index (κ3) is 3.37. The monoisotopic (exact) mass is 323 g/mol. The van der Waals surface area contributed by atoms with E-state index in [-0.39, 0.29) is 11.7 Å². The molecule has 0 saturated carbocycles. The average Bonchev–Trinajstić information content (AvgIpc) is 2.46. The number of nitrogens with zero attached hydrogens (tertiary/aromatic N) is 1. The van der Waals surface area contributed by atoms with E-state index in [0.717, 1.165) is 0 Å². The van der Waals surface area contributed by atoms with E-state index in [9.17, 15) is 18.0 Å². The smallest absolute Gasteiger partial charge is 0.406 e. The molecule has 2 N–H and O–H groups in total. The highest BCUT2D eigenvalue weighted by molar-refractivity contribution is 6.01. The highest BCUT2D eigenvalue weighted by atomic mass is 19.4. The predicted octanol–water partition coefficient (Wildman–Crippen LogP) is 3.17. The summed E-state index contributed by atoms with van der Waals surface area (Å²) in [6.07, 6.45) is -4.72. The summed E-state index contributed by atoms with van der Waals surface area (Å²) in [6.45, 7) is 0. The second kappa shape index (κ2) is 5.47. The van der Waals surface area contributed by atoms with Gasteiger partial charge in [-0.05, 0) is 35.4 Å². The van der Waals surface area contributed by atoms with Crippen LogP contribution in [0.25, 0.3) is 11.1 Å². The molecule has 1 aliphatic heterocycles. The number of ether oxygens (including phenoxy) is 1. The Kier molecular flexibility index (Phi) is 3.61. The molecule has 0 fully saturated rings. The fourth-order valence-corrected chi connectivity index (χ4v) is 2.28. The van der Waals surface area contributed by atoms with Gasteiger partial charge >= 0.3 is 6.36 Å². The van der Waals surface area contributed by atoms with Crippen LogP contribution in [0.3, 0.4) is 0 Å². The number of nitrogens with one attached hydrogen (secondary N) is 2. The van der Waals surface area contributed by atoms with Crippen LogP contribution in [-0.4, -0.2) is 24.4 Å². The molecule has 23 heavy (non-hydrogen) atoms. The molecule has 1 aliphatic rings. The first-order valence-electron chi connectivity index (χ1n) is 6.63. The number of hydrazine groups is 2. The zero-order valence-corrected chi connectivity index (χ0v) is 11.9. The van der Waals surface area contributed by atoms with Gasteiger partial charge in [0.15, 0.2) is 0 Å². The number of halogens is 3. The lowest BCUT2D eigenvalue weighted by molar-refractivity contribution is -0.274. The second-order valence-corrected chi connectivity index (χ2v) is 4.94. The molecule has 0 atom stereocenters. The number of anilines is 1. The Morgan fingerprint density at radius 3 is 2.30 bits per heavy atom. The molecule has 1 heterocycles. The summed E-state index contributed by atoms with van der Waals surface area (Å²) >= 11 is 0. The van der Waals surface area contributed by atoms with Crippen LogP contribution in [0.2, 0.25) is 0 Å². The number of benzene rings is 2. The standard InChI is InChI=1S/C15H12F3N3O2/c1-21-19-13-7-4-10(8-12(13)14(22)20-21)9-2-5-11(6-3-9)23-15(16,17)18/h2-8,19H,1H3,(H,20,22). The van der Waals surface area contributed by atoms with Crippen LogP contribution in [0, 0.1) is 0 Å². The number of alkyl halides is 3. The van der Waals surface area contributed by atoms with Gasteiger partial charge in [0, 0.05) is 7.05 Å². The molecule has 5 nitrogen and oxygen atoms in total. The van der Waals surface area contributed by atoms with Crippen molar-refractivity contribution in [3.05, 3.63) is 48.0 Å². The molecule has 0 aromatic heterocycles. The van der Waals surface area contributed by atoms with E-state index in [1.165, 1.54) is 29.4 Å². The van der Waals surface area contributed by atoms with Crippen molar-refractivity contribution >= 4 is 11.6 Å². The van der Waals surface area contributed by atoms with E-state index in [0.29, 0.717) is 22.4 Å². The first-order valence-corrected chi connectivity index (χ1v) is 6.63. The third-order valence-electron chi connectivity index (χ3n) is 3.24. The highest BCUT2D eigenvalue weighted by Gasteiger charge is 2.31. The van der Waals surface area contributed by atoms with Crippen LogP contribution in [0.4, 0.5) is 18.9 Å². The van der Waals surface area contributed by atoms with Crippen LogP contribution >= 0.6 is 0 Å². The van der Waals surface area contributed by atoms with Crippen LogP contribution in [0.5, 0.6) is 5.75 Å². The van der Waals surface area contributed by atoms with E-state index >= 15 is 0 Å². The van der Waals surface area contributed by atoms with E-state index in [1.807, 2.05) is 0 Å². The third-order valence-corrected chi connectivity index (χ3v) is 3.24. The van der Waals surface area contributed by atoms with E-state index in [4.69, 9.17) is 0 Å². The molecule has 1 amide bonds. The number of amides is 1. The molecule has 2 aromatic rings. The zero-order valence-electron chi connectivity index (χ0n) is 11.9. The van der Waals surface area contributed by atoms with Gasteiger partial charge in [-0.2, -0.15) is 0 Å². The number of fused-ring (bicyclic) bond motifs is 1. The van der Waals surface area contributed by atoms with Crippen LogP contribution in [0.15, 0.2) is 42.5 Å². The number of carbonyl (C=O) groups is 1. The van der Waals surface area contributed by atoms with Gasteiger partial charge in [-0.3, -0.25) is 10.2 Å². The van der Waals surface area contributed by atoms with Crippen molar-refractivity contribution in [3.63, 3.8) is 0 Å². The van der Waals surface area contributed by atoms with Crippen molar-refractivity contribution in [2.24, 2.45) is 0 Å². The molecule has 0 aliphatic carbocycles. The molecule has 3 rings (SSSR count). The van der Waals surface area contributed by atoms with Crippen molar-refractivity contribution in [2.45, 2.75) is 6.36 Å². The molecule has 0 spiro atoms. The molecular formula is C15H12F3N3O2. The first kappa shape index (κ1) is 15.2. The van der Waals surface area contributed by atoms with Gasteiger partial charge in [0.2, 0.25) is 0 Å². The summed E-state index contributed by atoms with van der Waals surface area (Å²) in [4.78, 5) is 12.0. The molecule has 0 unspecified atom stereocenters. The van der Waals surface area contributed by atoms with Crippen LogP contribution in [-0.2, 0) is 0 Å². The lowest BCUT2D eigenvalue weighted by Gasteiger charge is -2.27. The summed E-state index contributed by atoms with van der Waals surface area (Å²) in [5, 5.41) is 1.44. The van der Waals surface area contributed by atoms with Crippen LogP contribution in [0.1, 0.15) is 10.4 Å². The van der Waals surface area contributed by atoms with Gasteiger partial charge in [-0.15, -0.1) is 18.3 Å². The van der Waals surface area contributed by atoms with Gasteiger partial charge in [0.05, 0.1) is 11.3 Å². The quantitative estimate of drug-likeness (QED) is 0.891. The number of hydrogen-bond donors (Lipinski definition) is 2. The van der Waals surface area contributed by atoms with Crippen LogP contribution < -0.4 is 15.6 Å². The summed E-state index contributed by atoms with van der Waals surface area (Å²) < 4.78 is 40.3. The zero-order chi connectivity index (χ0) is 16.6. The predicted molar refractivity (Wildman–Crippen MR) is 77.4 cm³/mol. The van der Waals surface area contributed by atoms with Crippen molar-refractivity contribution < 1.29 is 22.7 Å². The molecular weight excluding hydrogens is 311 g/mol. The number of hydrogen-bond acceptors (Lipinski definition) is 4. The summed E-state index contributed by atoms with van der Waals surface area (Å²) in [7, 11) is 1.66. The van der Waals surface area contributed by atoms with Gasteiger partial charge in [-0.25, -0.2) is 0 Å². The molecule has 120 valence electrons. The average molecular weight is 323 g/mol. The summed E-state index contributed by atoms with van der Waals surface area (Å²) in [5.74, 6) is -0.555. The van der Waals surface area contributed by atoms with Gasteiger partial charge < -0.3 is 10.2 Å². The van der Waals surface area contributed by atoms with E-state index in [2.05, 4.69) is 15.6 Å². The Morgan fingerprint density at radius 1 is 1.00 bits per heavy atom. The molecule has 0 bridgehead atoms. The van der Waals surface area contributed by atoms with Gasteiger partial charge in [0.25, 0.3) is 5.91 Å². The fourth-order valence-electron chi connectivity index (χ4n) is 2.28. The molecule has 0 radical (unpaired) electrons. The molecule has 0 saturated heterocycles. The fraction of sp³-hybridized carbons (Fsp3) is 0.133. The van der Waals surface area contributed by atoms with E-state index < -0.39 is 6.36 Å². The first-order chi connectivity index (χ1) is 10.8. The Balaban J connectivity index is 1.88. The summed E-state index contributed by atoms with van der Waals surface area (Å²) in [6, 6.07) is 10.6. The van der Waals surface area contributed by atoms with Crippen molar-refractivity contribution in [1.82, 2.24) is 10.5 Å². The minimum atomic E-state index is -4.72. The van der Waals surface area contributed by atoms with E-state index in [1.54, 1.807) is 25.2 Å². The number of carbonyl (C=O) groups excluding carboxylic acids is 1. The maximum atomic E-state index is 12.2. The Hall–Kier alpha value is -2.74. The lowest BCUT2D eigenvalue weighted by Crippen LogP contribution is -2.47. The lowest BCUT2D eigenvalue weighted by atomic mass is 10.0. The minimum Gasteiger partial charge on any atom is -0.406 e. The minimum absolute atomic E-state index is 0.264. The highest BCUT2D eigenvalue weighted by Crippen LogP contribution is 2.29. The van der Waals surface area contributed by atoms with Gasteiger partial charge in [0.1, 0.15) is 5.75 Å². The normalized spacial score (nSPS) is 14.7. The van der Waals surface area contributed by atoms with Crippen molar-refractivity contribution in [3.8, 4) is 16.9 Å². The molecule has 8 heteroatoms. The Morgan fingerprint density at radius 2 is 1.65 bits per heavy atom. The summed E-state index contributed by atoms with van der Waals surface area (Å²) in [5.41, 5.74) is 8.04. The number of rotatable bonds is 2. The topological polar surface area (TPSA) is 53.6 Å². The molecule has 2 aromatic carbocycles. The largest absolute Gasteiger partial charge is 0.573 e. The van der Waals surface area contributed by atoms with Crippen molar-refractivity contribution in [2.75, 3.05) is 12.5 Å². The maximum absolute atomic E-state index is 12.2. The maximum Gasteiger partial charge on any atom is 0.573 e. The van der Waals surface area contributed by atoms with Crippen molar-refractivity contribution in [1.29, 1.82) is 0 Å². The Labute approximate surface area is 129 Å². The van der Waals surface area contributed by atoms with Gasteiger partial charge in [-0.1, -0.05) is 18.2 Å².